The summed E-state index contributed by atoms with van der Waals surface area (Å²) in [7, 11) is 1.58. The van der Waals surface area contributed by atoms with E-state index in [0.717, 1.165) is 12.3 Å². The minimum atomic E-state index is -0.729. The van der Waals surface area contributed by atoms with Crippen molar-refractivity contribution in [1.82, 2.24) is 4.98 Å². The molecule has 1 aromatic rings. The molecule has 1 N–H and O–H groups in total. The van der Waals surface area contributed by atoms with Crippen molar-refractivity contribution in [3.8, 4) is 0 Å². The van der Waals surface area contributed by atoms with Crippen molar-refractivity contribution in [2.45, 2.75) is 13.0 Å². The van der Waals surface area contributed by atoms with Crippen molar-refractivity contribution in [2.24, 2.45) is 0 Å². The highest BCUT2D eigenvalue weighted by atomic mass is 19.1. The molecule has 1 rings (SSSR count). The number of halogens is 2. The van der Waals surface area contributed by atoms with E-state index >= 15 is 0 Å². The molecule has 0 aliphatic rings. The normalized spacial score (nSPS) is 12.6. The lowest BCUT2D eigenvalue weighted by atomic mass is 10.3. The van der Waals surface area contributed by atoms with Gasteiger partial charge in [-0.25, -0.2) is 13.8 Å². The number of nitrogens with zero attached hydrogens (tertiary/aromatic N) is 2. The highest BCUT2D eigenvalue weighted by Crippen LogP contribution is 2.15. The van der Waals surface area contributed by atoms with E-state index in [2.05, 4.69) is 4.98 Å². The van der Waals surface area contributed by atoms with E-state index in [1.807, 2.05) is 0 Å². The summed E-state index contributed by atoms with van der Waals surface area (Å²) in [5.74, 6) is -1.41. The van der Waals surface area contributed by atoms with Crippen LogP contribution in [0.25, 0.3) is 0 Å². The lowest BCUT2D eigenvalue weighted by Gasteiger charge is -2.19. The van der Waals surface area contributed by atoms with Crippen LogP contribution >= 0.6 is 0 Å². The van der Waals surface area contributed by atoms with Crippen LogP contribution in [0, 0.1) is 11.6 Å². The molecule has 0 aliphatic heterocycles. The maximum atomic E-state index is 13.1. The number of aliphatic hydroxyl groups is 1. The molecule has 5 heteroatoms. The summed E-state index contributed by atoms with van der Waals surface area (Å²) >= 11 is 0. The molecule has 0 amide bonds. The van der Waals surface area contributed by atoms with Crippen LogP contribution in [0.15, 0.2) is 12.3 Å². The Balaban J connectivity index is 2.84. The van der Waals surface area contributed by atoms with Crippen LogP contribution in [0.4, 0.5) is 14.6 Å². The van der Waals surface area contributed by atoms with Gasteiger partial charge < -0.3 is 10.0 Å². The van der Waals surface area contributed by atoms with Gasteiger partial charge in [0.1, 0.15) is 5.82 Å². The molecule has 1 unspecified atom stereocenters. The molecule has 0 saturated heterocycles. The largest absolute Gasteiger partial charge is 0.392 e. The Morgan fingerprint density at radius 1 is 1.57 bits per heavy atom. The van der Waals surface area contributed by atoms with Crippen molar-refractivity contribution in [3.05, 3.63) is 23.9 Å². The number of anilines is 1. The minimum Gasteiger partial charge on any atom is -0.392 e. The summed E-state index contributed by atoms with van der Waals surface area (Å²) < 4.78 is 25.6. The fourth-order valence-electron chi connectivity index (χ4n) is 1.17. The van der Waals surface area contributed by atoms with Crippen molar-refractivity contribution in [2.75, 3.05) is 18.5 Å². The molecule has 1 atom stereocenters. The second-order valence-electron chi connectivity index (χ2n) is 3.19. The smallest absolute Gasteiger partial charge is 0.168 e. The van der Waals surface area contributed by atoms with Gasteiger partial charge in [-0.3, -0.25) is 0 Å². The molecule has 1 heterocycles. The van der Waals surface area contributed by atoms with Gasteiger partial charge in [0.25, 0.3) is 0 Å². The lowest BCUT2D eigenvalue weighted by Crippen LogP contribution is -2.28. The maximum absolute atomic E-state index is 13.1. The van der Waals surface area contributed by atoms with Crippen LogP contribution in [0.2, 0.25) is 0 Å². The molecule has 0 bridgehead atoms. The number of hydrogen-bond acceptors (Lipinski definition) is 3. The van der Waals surface area contributed by atoms with Gasteiger partial charge in [-0.1, -0.05) is 0 Å². The van der Waals surface area contributed by atoms with Crippen molar-refractivity contribution < 1.29 is 13.9 Å². The van der Waals surface area contributed by atoms with Crippen molar-refractivity contribution in [1.29, 1.82) is 0 Å². The van der Waals surface area contributed by atoms with Crippen molar-refractivity contribution >= 4 is 5.82 Å². The standard InChI is InChI=1S/C9H12F2N2O/c1-6(14)5-13(2)9-8(11)3-7(10)4-12-9/h3-4,6,14H,5H2,1-2H3. The van der Waals surface area contributed by atoms with Gasteiger partial charge in [-0.2, -0.15) is 0 Å². The van der Waals surface area contributed by atoms with Crippen molar-refractivity contribution in [3.63, 3.8) is 0 Å². The Morgan fingerprint density at radius 3 is 2.71 bits per heavy atom. The number of aliphatic hydroxyl groups excluding tert-OH is 1. The highest BCUT2D eigenvalue weighted by Gasteiger charge is 2.11. The minimum absolute atomic E-state index is 0.0345. The first-order valence-electron chi connectivity index (χ1n) is 4.21. The fraction of sp³-hybridized carbons (Fsp3) is 0.444. The molecule has 78 valence electrons. The molecule has 14 heavy (non-hydrogen) atoms. The van der Waals surface area contributed by atoms with Crippen LogP contribution in [0.3, 0.4) is 0 Å². The molecule has 3 nitrogen and oxygen atoms in total. The van der Waals surface area contributed by atoms with E-state index in [1.54, 1.807) is 14.0 Å². The Bertz CT molecular complexity index is 318. The molecule has 0 radical (unpaired) electrons. The molecule has 1 aromatic heterocycles. The molecule has 0 aliphatic carbocycles. The van der Waals surface area contributed by atoms with Gasteiger partial charge >= 0.3 is 0 Å². The predicted molar refractivity (Wildman–Crippen MR) is 49.1 cm³/mol. The lowest BCUT2D eigenvalue weighted by molar-refractivity contribution is 0.201. The Hall–Kier alpha value is -1.23. The second kappa shape index (κ2) is 4.32. The van der Waals surface area contributed by atoms with E-state index in [-0.39, 0.29) is 12.4 Å². The van der Waals surface area contributed by atoms with Gasteiger partial charge in [-0.15, -0.1) is 0 Å². The van der Waals surface area contributed by atoms with E-state index < -0.39 is 17.7 Å². The molecular formula is C9H12F2N2O. The summed E-state index contributed by atoms with van der Waals surface area (Å²) in [6, 6.07) is 0.765. The Morgan fingerprint density at radius 2 is 2.21 bits per heavy atom. The third-order valence-electron chi connectivity index (χ3n) is 1.69. The van der Waals surface area contributed by atoms with Gasteiger partial charge in [0.15, 0.2) is 11.6 Å². The third-order valence-corrected chi connectivity index (χ3v) is 1.69. The van der Waals surface area contributed by atoms with Gasteiger partial charge in [-0.05, 0) is 6.92 Å². The van der Waals surface area contributed by atoms with Gasteiger partial charge in [0.05, 0.1) is 12.3 Å². The van der Waals surface area contributed by atoms with E-state index in [0.29, 0.717) is 0 Å². The van der Waals surface area contributed by atoms with Crippen LogP contribution in [-0.4, -0.2) is 29.8 Å². The summed E-state index contributed by atoms with van der Waals surface area (Å²) in [4.78, 5) is 5.03. The first kappa shape index (κ1) is 10.8. The molecule has 0 spiro atoms. The zero-order chi connectivity index (χ0) is 10.7. The number of likely N-dealkylation sites (N-methyl/N-ethyl adjacent to an activating group) is 1. The van der Waals surface area contributed by atoms with Crippen LogP contribution < -0.4 is 4.90 Å². The Labute approximate surface area is 81.0 Å². The van der Waals surface area contributed by atoms with Crippen LogP contribution in [0.5, 0.6) is 0 Å². The number of pyridine rings is 1. The first-order chi connectivity index (χ1) is 6.50. The number of aromatic nitrogens is 1. The first-order valence-corrected chi connectivity index (χ1v) is 4.21. The summed E-state index contributed by atoms with van der Waals surface area (Å²) in [5, 5.41) is 9.06. The highest BCUT2D eigenvalue weighted by molar-refractivity contribution is 5.38. The average molecular weight is 202 g/mol. The number of hydrogen-bond donors (Lipinski definition) is 1. The van der Waals surface area contributed by atoms with E-state index in [1.165, 1.54) is 4.90 Å². The SMILES string of the molecule is CC(O)CN(C)c1ncc(F)cc1F. The van der Waals surface area contributed by atoms with E-state index in [4.69, 9.17) is 5.11 Å². The zero-order valence-electron chi connectivity index (χ0n) is 8.04. The fourth-order valence-corrected chi connectivity index (χ4v) is 1.17. The summed E-state index contributed by atoms with van der Waals surface area (Å²) in [6.07, 6.45) is 0.350. The molecule has 0 aromatic carbocycles. The zero-order valence-corrected chi connectivity index (χ0v) is 8.04. The summed E-state index contributed by atoms with van der Waals surface area (Å²) in [5.41, 5.74) is 0. The second-order valence-corrected chi connectivity index (χ2v) is 3.19. The molecule has 0 fully saturated rings. The monoisotopic (exact) mass is 202 g/mol. The van der Waals surface area contributed by atoms with Crippen LogP contribution in [0.1, 0.15) is 6.92 Å². The predicted octanol–water partition coefficient (Wildman–Crippen LogP) is 1.18. The van der Waals surface area contributed by atoms with Gasteiger partial charge in [0.2, 0.25) is 0 Å². The third kappa shape index (κ3) is 2.63. The maximum Gasteiger partial charge on any atom is 0.168 e. The van der Waals surface area contributed by atoms with E-state index in [9.17, 15) is 8.78 Å². The quantitative estimate of drug-likeness (QED) is 0.799. The average Bonchev–Trinajstić information content (AvgIpc) is 2.01. The Kier molecular flexibility index (Phi) is 3.35. The molecular weight excluding hydrogens is 190 g/mol. The summed E-state index contributed by atoms with van der Waals surface area (Å²) in [6.45, 7) is 1.83. The topological polar surface area (TPSA) is 36.4 Å². The number of rotatable bonds is 3. The van der Waals surface area contributed by atoms with Gasteiger partial charge in [0, 0.05) is 19.7 Å². The van der Waals surface area contributed by atoms with Crippen LogP contribution in [-0.2, 0) is 0 Å². The molecule has 0 saturated carbocycles.